The zero-order chi connectivity index (χ0) is 12.1. The zero-order valence-corrected chi connectivity index (χ0v) is 10.7. The van der Waals surface area contributed by atoms with Gasteiger partial charge in [0, 0.05) is 5.54 Å². The van der Waals surface area contributed by atoms with Gasteiger partial charge in [-0.05, 0) is 38.3 Å². The molecule has 0 amide bonds. The molecule has 2 nitrogen and oxygen atoms in total. The maximum Gasteiger partial charge on any atom is 0.119 e. The number of hydrogen-bond donors (Lipinski definition) is 1. The third-order valence-corrected chi connectivity index (χ3v) is 3.74. The van der Waals surface area contributed by atoms with Crippen LogP contribution in [-0.2, 0) is 0 Å². The Morgan fingerprint density at radius 2 is 1.76 bits per heavy atom. The number of rotatable bonds is 4. The highest BCUT2D eigenvalue weighted by Gasteiger charge is 2.26. The lowest BCUT2D eigenvalue weighted by Crippen LogP contribution is -2.42. The minimum atomic E-state index is 0.0307. The Hall–Kier alpha value is -1.02. The molecule has 1 aromatic rings. The third-order valence-electron chi connectivity index (χ3n) is 3.74. The summed E-state index contributed by atoms with van der Waals surface area (Å²) in [6.45, 7) is 2.82. The summed E-state index contributed by atoms with van der Waals surface area (Å²) in [4.78, 5) is 0. The molecule has 0 bridgehead atoms. The summed E-state index contributed by atoms with van der Waals surface area (Å²) in [5.41, 5.74) is 7.66. The summed E-state index contributed by atoms with van der Waals surface area (Å²) in [5.74, 6) is 0.954. The maximum atomic E-state index is 6.37. The number of benzene rings is 1. The van der Waals surface area contributed by atoms with Crippen LogP contribution in [0.1, 0.15) is 44.1 Å². The first-order valence-corrected chi connectivity index (χ1v) is 6.66. The molecule has 0 spiro atoms. The van der Waals surface area contributed by atoms with Gasteiger partial charge >= 0.3 is 0 Å². The van der Waals surface area contributed by atoms with E-state index in [4.69, 9.17) is 10.5 Å². The molecule has 1 aliphatic carbocycles. The minimum absolute atomic E-state index is 0.0307. The molecule has 1 aliphatic rings. The summed E-state index contributed by atoms with van der Waals surface area (Å²) >= 11 is 0. The molecule has 0 radical (unpaired) electrons. The van der Waals surface area contributed by atoms with Crippen molar-refractivity contribution in [3.8, 4) is 5.75 Å². The lowest BCUT2D eigenvalue weighted by atomic mass is 9.80. The van der Waals surface area contributed by atoms with Gasteiger partial charge in [0.15, 0.2) is 0 Å². The van der Waals surface area contributed by atoms with Crippen molar-refractivity contribution in [2.75, 3.05) is 6.61 Å². The van der Waals surface area contributed by atoms with Crippen molar-refractivity contribution in [1.82, 2.24) is 0 Å². The molecule has 2 rings (SSSR count). The van der Waals surface area contributed by atoms with Crippen LogP contribution in [0.25, 0.3) is 0 Å². The van der Waals surface area contributed by atoms with Crippen LogP contribution >= 0.6 is 0 Å². The van der Waals surface area contributed by atoms with Gasteiger partial charge in [-0.1, -0.05) is 37.0 Å². The van der Waals surface area contributed by atoms with Crippen LogP contribution in [0.2, 0.25) is 0 Å². The van der Waals surface area contributed by atoms with Gasteiger partial charge in [0.25, 0.3) is 0 Å². The van der Waals surface area contributed by atoms with Crippen molar-refractivity contribution in [3.05, 3.63) is 29.8 Å². The topological polar surface area (TPSA) is 35.2 Å². The van der Waals surface area contributed by atoms with Gasteiger partial charge in [-0.25, -0.2) is 0 Å². The SMILES string of the molecule is Cc1ccc(OCCC2(N)CCCCC2)cc1. The van der Waals surface area contributed by atoms with E-state index in [1.54, 1.807) is 0 Å². The summed E-state index contributed by atoms with van der Waals surface area (Å²) < 4.78 is 5.75. The Labute approximate surface area is 104 Å². The molecule has 0 saturated heterocycles. The van der Waals surface area contributed by atoms with E-state index in [1.165, 1.54) is 24.8 Å². The molecular formula is C15H23NO. The van der Waals surface area contributed by atoms with Crippen LogP contribution in [-0.4, -0.2) is 12.1 Å². The zero-order valence-electron chi connectivity index (χ0n) is 10.7. The highest BCUT2D eigenvalue weighted by atomic mass is 16.5. The van der Waals surface area contributed by atoms with E-state index in [9.17, 15) is 0 Å². The quantitative estimate of drug-likeness (QED) is 0.864. The molecular weight excluding hydrogens is 210 g/mol. The van der Waals surface area contributed by atoms with Crippen molar-refractivity contribution >= 4 is 0 Å². The molecule has 0 heterocycles. The van der Waals surface area contributed by atoms with Gasteiger partial charge in [-0.15, -0.1) is 0 Å². The van der Waals surface area contributed by atoms with Crippen LogP contribution in [0.4, 0.5) is 0 Å². The van der Waals surface area contributed by atoms with E-state index >= 15 is 0 Å². The van der Waals surface area contributed by atoms with E-state index in [0.717, 1.165) is 31.6 Å². The predicted molar refractivity (Wildman–Crippen MR) is 71.3 cm³/mol. The number of aryl methyl sites for hydroxylation is 1. The first-order chi connectivity index (χ1) is 8.18. The molecule has 2 N–H and O–H groups in total. The van der Waals surface area contributed by atoms with Crippen LogP contribution in [0.15, 0.2) is 24.3 Å². The van der Waals surface area contributed by atoms with E-state index in [-0.39, 0.29) is 5.54 Å². The Morgan fingerprint density at radius 3 is 2.41 bits per heavy atom. The normalized spacial score (nSPS) is 18.9. The van der Waals surface area contributed by atoms with E-state index in [1.807, 2.05) is 12.1 Å². The maximum absolute atomic E-state index is 6.37. The van der Waals surface area contributed by atoms with E-state index in [0.29, 0.717) is 0 Å². The summed E-state index contributed by atoms with van der Waals surface area (Å²) in [5, 5.41) is 0. The fourth-order valence-corrected chi connectivity index (χ4v) is 2.51. The molecule has 94 valence electrons. The molecule has 1 fully saturated rings. The van der Waals surface area contributed by atoms with Gasteiger partial charge in [-0.2, -0.15) is 0 Å². The van der Waals surface area contributed by atoms with Crippen molar-refractivity contribution in [3.63, 3.8) is 0 Å². The summed E-state index contributed by atoms with van der Waals surface area (Å²) in [6.07, 6.45) is 7.19. The van der Waals surface area contributed by atoms with E-state index in [2.05, 4.69) is 19.1 Å². The van der Waals surface area contributed by atoms with Gasteiger partial charge in [0.05, 0.1) is 6.61 Å². The highest BCUT2D eigenvalue weighted by Crippen LogP contribution is 2.28. The standard InChI is InChI=1S/C15H23NO/c1-13-5-7-14(8-6-13)17-12-11-15(16)9-3-2-4-10-15/h5-8H,2-4,9-12,16H2,1H3. The Morgan fingerprint density at radius 1 is 1.12 bits per heavy atom. The third kappa shape index (κ3) is 3.74. The van der Waals surface area contributed by atoms with Crippen LogP contribution < -0.4 is 10.5 Å². The van der Waals surface area contributed by atoms with Gasteiger partial charge in [0.1, 0.15) is 5.75 Å². The van der Waals surface area contributed by atoms with Crippen molar-refractivity contribution in [1.29, 1.82) is 0 Å². The van der Waals surface area contributed by atoms with E-state index < -0.39 is 0 Å². The first kappa shape index (κ1) is 12.4. The Balaban J connectivity index is 1.77. The van der Waals surface area contributed by atoms with Crippen molar-refractivity contribution in [2.24, 2.45) is 5.73 Å². The van der Waals surface area contributed by atoms with Crippen molar-refractivity contribution < 1.29 is 4.74 Å². The highest BCUT2D eigenvalue weighted by molar-refractivity contribution is 5.26. The molecule has 17 heavy (non-hydrogen) atoms. The fourth-order valence-electron chi connectivity index (χ4n) is 2.51. The molecule has 2 heteroatoms. The number of hydrogen-bond acceptors (Lipinski definition) is 2. The van der Waals surface area contributed by atoms with Crippen LogP contribution in [0, 0.1) is 6.92 Å². The second-order valence-electron chi connectivity index (χ2n) is 5.33. The lowest BCUT2D eigenvalue weighted by molar-refractivity contribution is 0.214. The minimum Gasteiger partial charge on any atom is -0.494 e. The Bertz CT molecular complexity index is 338. The van der Waals surface area contributed by atoms with Gasteiger partial charge in [0.2, 0.25) is 0 Å². The first-order valence-electron chi connectivity index (χ1n) is 6.66. The lowest BCUT2D eigenvalue weighted by Gasteiger charge is -2.33. The molecule has 0 aliphatic heterocycles. The average molecular weight is 233 g/mol. The average Bonchev–Trinajstić information content (AvgIpc) is 2.32. The summed E-state index contributed by atoms with van der Waals surface area (Å²) in [6, 6.07) is 8.21. The Kier molecular flexibility index (Phi) is 4.06. The number of ether oxygens (including phenoxy) is 1. The van der Waals surface area contributed by atoms with Crippen molar-refractivity contribution in [2.45, 2.75) is 51.0 Å². The second kappa shape index (κ2) is 5.54. The molecule has 0 aromatic heterocycles. The summed E-state index contributed by atoms with van der Waals surface area (Å²) in [7, 11) is 0. The largest absolute Gasteiger partial charge is 0.494 e. The van der Waals surface area contributed by atoms with Gasteiger partial charge in [-0.3, -0.25) is 0 Å². The second-order valence-corrected chi connectivity index (χ2v) is 5.33. The molecule has 1 aromatic carbocycles. The molecule has 1 saturated carbocycles. The predicted octanol–water partition coefficient (Wildman–Crippen LogP) is 3.43. The fraction of sp³-hybridized carbons (Fsp3) is 0.600. The smallest absolute Gasteiger partial charge is 0.119 e. The molecule has 0 atom stereocenters. The van der Waals surface area contributed by atoms with Crippen LogP contribution in [0.3, 0.4) is 0 Å². The molecule has 0 unspecified atom stereocenters. The monoisotopic (exact) mass is 233 g/mol. The van der Waals surface area contributed by atoms with Crippen LogP contribution in [0.5, 0.6) is 5.75 Å². The number of nitrogens with two attached hydrogens (primary N) is 1. The van der Waals surface area contributed by atoms with Gasteiger partial charge < -0.3 is 10.5 Å².